The molecule has 2 fully saturated rings. The first kappa shape index (κ1) is 21.2. The van der Waals surface area contributed by atoms with Gasteiger partial charge in [-0.3, -0.25) is 9.69 Å². The Labute approximate surface area is 184 Å². The third-order valence-electron chi connectivity index (χ3n) is 6.53. The lowest BCUT2D eigenvalue weighted by Gasteiger charge is -2.36. The summed E-state index contributed by atoms with van der Waals surface area (Å²) in [7, 11) is 0. The predicted molar refractivity (Wildman–Crippen MR) is 122 cm³/mol. The molecule has 4 rings (SSSR count). The summed E-state index contributed by atoms with van der Waals surface area (Å²) >= 11 is 6.08. The number of amides is 1. The number of carbonyl (C=O) groups is 1. The van der Waals surface area contributed by atoms with Crippen LogP contribution in [-0.2, 0) is 10.2 Å². The second-order valence-corrected chi connectivity index (χ2v) is 8.96. The van der Waals surface area contributed by atoms with Crippen LogP contribution in [-0.4, -0.2) is 37.0 Å². The largest absolute Gasteiger partial charge is 0.492 e. The summed E-state index contributed by atoms with van der Waals surface area (Å²) in [5, 5.41) is 3.86. The second-order valence-electron chi connectivity index (χ2n) is 8.53. The molecule has 30 heavy (non-hydrogen) atoms. The monoisotopic (exact) mass is 426 g/mol. The number of likely N-dealkylation sites (tertiary alicyclic amines) is 1. The number of halogens is 1. The van der Waals surface area contributed by atoms with Crippen LogP contribution in [0.5, 0.6) is 5.75 Å². The van der Waals surface area contributed by atoms with Gasteiger partial charge in [0.1, 0.15) is 12.4 Å². The third-order valence-corrected chi connectivity index (χ3v) is 6.78. The van der Waals surface area contributed by atoms with E-state index in [1.54, 1.807) is 0 Å². The molecule has 1 heterocycles. The molecule has 0 spiro atoms. The summed E-state index contributed by atoms with van der Waals surface area (Å²) in [6.45, 7) is 4.04. The van der Waals surface area contributed by atoms with Gasteiger partial charge in [0.25, 0.3) is 0 Å². The van der Waals surface area contributed by atoms with Crippen molar-refractivity contribution in [1.82, 2.24) is 4.90 Å². The lowest BCUT2D eigenvalue weighted by molar-refractivity contribution is -0.122. The van der Waals surface area contributed by atoms with Crippen molar-refractivity contribution in [2.45, 2.75) is 50.4 Å². The number of benzene rings is 2. The summed E-state index contributed by atoms with van der Waals surface area (Å²) in [5.74, 6) is 0.921. The van der Waals surface area contributed by atoms with Crippen LogP contribution >= 0.6 is 11.6 Å². The van der Waals surface area contributed by atoms with Gasteiger partial charge in [0.15, 0.2) is 0 Å². The summed E-state index contributed by atoms with van der Waals surface area (Å²) in [4.78, 5) is 15.8. The van der Waals surface area contributed by atoms with E-state index < -0.39 is 5.41 Å². The lowest BCUT2D eigenvalue weighted by atomic mass is 9.68. The first-order valence-electron chi connectivity index (χ1n) is 11.2. The summed E-state index contributed by atoms with van der Waals surface area (Å²) in [6.07, 6.45) is 7.67. The molecule has 160 valence electrons. The average Bonchev–Trinajstić information content (AvgIpc) is 3.29. The second kappa shape index (κ2) is 9.84. The van der Waals surface area contributed by atoms with E-state index in [0.29, 0.717) is 11.6 Å². The van der Waals surface area contributed by atoms with E-state index in [2.05, 4.69) is 10.2 Å². The van der Waals surface area contributed by atoms with Crippen molar-refractivity contribution < 1.29 is 9.53 Å². The number of carbonyl (C=O) groups excluding carboxylic acids is 1. The maximum absolute atomic E-state index is 13.4. The van der Waals surface area contributed by atoms with Crippen molar-refractivity contribution in [2.75, 3.05) is 31.6 Å². The molecule has 1 amide bonds. The first-order valence-corrected chi connectivity index (χ1v) is 11.6. The maximum atomic E-state index is 13.4. The molecule has 1 saturated heterocycles. The van der Waals surface area contributed by atoms with Crippen LogP contribution in [0.25, 0.3) is 0 Å². The van der Waals surface area contributed by atoms with Crippen molar-refractivity contribution in [3.63, 3.8) is 0 Å². The Morgan fingerprint density at radius 1 is 0.933 bits per heavy atom. The topological polar surface area (TPSA) is 41.6 Å². The van der Waals surface area contributed by atoms with Gasteiger partial charge in [-0.2, -0.15) is 0 Å². The molecular formula is C25H31ClN2O2. The zero-order valence-electron chi connectivity index (χ0n) is 17.5. The average molecular weight is 427 g/mol. The van der Waals surface area contributed by atoms with Crippen LogP contribution in [0, 0.1) is 0 Å². The van der Waals surface area contributed by atoms with E-state index >= 15 is 0 Å². The van der Waals surface area contributed by atoms with Crippen LogP contribution in [0.4, 0.5) is 5.69 Å². The maximum Gasteiger partial charge on any atom is 0.235 e. The predicted octanol–water partition coefficient (Wildman–Crippen LogP) is 5.66. The quantitative estimate of drug-likeness (QED) is 0.621. The molecular weight excluding hydrogens is 396 g/mol. The standard InChI is InChI=1S/C25H31ClN2O2/c26-21-8-6-20(7-9-21)25(14-2-1-3-15-25)24(29)27-22-10-12-23(13-11-22)30-19-18-28-16-4-5-17-28/h6-13H,1-5,14-19H2,(H,27,29). The summed E-state index contributed by atoms with van der Waals surface area (Å²) in [5.41, 5.74) is 1.39. The van der Waals surface area contributed by atoms with Crippen LogP contribution in [0.1, 0.15) is 50.5 Å². The van der Waals surface area contributed by atoms with Crippen LogP contribution in [0.15, 0.2) is 48.5 Å². The number of nitrogens with zero attached hydrogens (tertiary/aromatic N) is 1. The highest BCUT2D eigenvalue weighted by Gasteiger charge is 2.41. The minimum Gasteiger partial charge on any atom is -0.492 e. The van der Waals surface area contributed by atoms with Crippen molar-refractivity contribution in [3.05, 3.63) is 59.1 Å². The molecule has 5 heteroatoms. The number of hydrogen-bond donors (Lipinski definition) is 1. The highest BCUT2D eigenvalue weighted by molar-refractivity contribution is 6.30. The number of hydrogen-bond acceptors (Lipinski definition) is 3. The lowest BCUT2D eigenvalue weighted by Crippen LogP contribution is -2.42. The van der Waals surface area contributed by atoms with Crippen LogP contribution in [0.2, 0.25) is 5.02 Å². The van der Waals surface area contributed by atoms with Crippen LogP contribution in [0.3, 0.4) is 0 Å². The van der Waals surface area contributed by atoms with Crippen molar-refractivity contribution in [2.24, 2.45) is 0 Å². The molecule has 4 nitrogen and oxygen atoms in total. The van der Waals surface area contributed by atoms with Gasteiger partial charge in [-0.05, 0) is 80.7 Å². The molecule has 0 atom stereocenters. The molecule has 0 aromatic heterocycles. The Kier molecular flexibility index (Phi) is 6.96. The van der Waals surface area contributed by atoms with Gasteiger partial charge in [-0.15, -0.1) is 0 Å². The van der Waals surface area contributed by atoms with E-state index in [9.17, 15) is 4.79 Å². The number of rotatable bonds is 7. The van der Waals surface area contributed by atoms with Gasteiger partial charge in [0.05, 0.1) is 5.41 Å². The van der Waals surface area contributed by atoms with E-state index in [0.717, 1.165) is 49.2 Å². The molecule has 1 aliphatic heterocycles. The molecule has 1 N–H and O–H groups in total. The fourth-order valence-electron chi connectivity index (χ4n) is 4.76. The Balaban J connectivity index is 1.39. The van der Waals surface area contributed by atoms with Gasteiger partial charge in [0.2, 0.25) is 5.91 Å². The normalized spacial score (nSPS) is 18.8. The van der Waals surface area contributed by atoms with Crippen molar-refractivity contribution >= 4 is 23.2 Å². The number of anilines is 1. The molecule has 0 bridgehead atoms. The van der Waals surface area contributed by atoms with E-state index in [1.807, 2.05) is 48.5 Å². The summed E-state index contributed by atoms with van der Waals surface area (Å²) in [6, 6.07) is 15.5. The van der Waals surface area contributed by atoms with Gasteiger partial charge < -0.3 is 10.1 Å². The molecule has 0 radical (unpaired) electrons. The van der Waals surface area contributed by atoms with Gasteiger partial charge in [-0.25, -0.2) is 0 Å². The van der Waals surface area contributed by atoms with Gasteiger partial charge >= 0.3 is 0 Å². The van der Waals surface area contributed by atoms with Gasteiger partial charge in [-0.1, -0.05) is 43.0 Å². The molecule has 1 aliphatic carbocycles. The SMILES string of the molecule is O=C(Nc1ccc(OCCN2CCCC2)cc1)C1(c2ccc(Cl)cc2)CCCCC1. The highest BCUT2D eigenvalue weighted by atomic mass is 35.5. The first-order chi connectivity index (χ1) is 14.7. The van der Waals surface area contributed by atoms with E-state index in [4.69, 9.17) is 16.3 Å². The Morgan fingerprint density at radius 3 is 2.27 bits per heavy atom. The molecule has 1 saturated carbocycles. The number of ether oxygens (including phenoxy) is 1. The Morgan fingerprint density at radius 2 is 1.60 bits per heavy atom. The fourth-order valence-corrected chi connectivity index (χ4v) is 4.88. The van der Waals surface area contributed by atoms with Crippen LogP contribution < -0.4 is 10.1 Å². The minimum absolute atomic E-state index is 0.0761. The smallest absolute Gasteiger partial charge is 0.235 e. The van der Waals surface area contributed by atoms with E-state index in [-0.39, 0.29) is 5.91 Å². The highest BCUT2D eigenvalue weighted by Crippen LogP contribution is 2.41. The Bertz CT molecular complexity index is 823. The molecule has 2 aromatic rings. The molecule has 2 aliphatic rings. The number of nitrogens with one attached hydrogen (secondary N) is 1. The molecule has 2 aromatic carbocycles. The zero-order chi connectivity index (χ0) is 20.8. The molecule has 0 unspecified atom stereocenters. The summed E-state index contributed by atoms with van der Waals surface area (Å²) < 4.78 is 5.88. The minimum atomic E-state index is -0.478. The van der Waals surface area contributed by atoms with Crippen molar-refractivity contribution in [3.8, 4) is 5.75 Å². The van der Waals surface area contributed by atoms with Gasteiger partial charge in [0, 0.05) is 17.3 Å². The third kappa shape index (κ3) is 4.98. The zero-order valence-corrected chi connectivity index (χ0v) is 18.3. The van der Waals surface area contributed by atoms with E-state index in [1.165, 1.54) is 32.4 Å². The fraction of sp³-hybridized carbons (Fsp3) is 0.480. The van der Waals surface area contributed by atoms with Crippen molar-refractivity contribution in [1.29, 1.82) is 0 Å². The Hall–Kier alpha value is -2.04.